The molecule has 0 amide bonds. The van der Waals surface area contributed by atoms with Crippen molar-refractivity contribution in [1.82, 2.24) is 9.55 Å². The lowest BCUT2D eigenvalue weighted by molar-refractivity contribution is 0.502. The predicted octanol–water partition coefficient (Wildman–Crippen LogP) is 3.63. The average Bonchev–Trinajstić information content (AvgIpc) is 2.31. The molecule has 0 aliphatic rings. The maximum atomic E-state index is 4.41. The van der Waals surface area contributed by atoms with E-state index >= 15 is 0 Å². The van der Waals surface area contributed by atoms with Crippen molar-refractivity contribution in [3.05, 3.63) is 15.0 Å². The zero-order chi connectivity index (χ0) is 10.0. The van der Waals surface area contributed by atoms with E-state index in [2.05, 4.69) is 62.2 Å². The molecular formula is C9H14Br2N2. The van der Waals surface area contributed by atoms with Crippen LogP contribution in [0.2, 0.25) is 0 Å². The first kappa shape index (κ1) is 11.2. The van der Waals surface area contributed by atoms with E-state index in [1.165, 1.54) is 0 Å². The lowest BCUT2D eigenvalue weighted by Crippen LogP contribution is -2.08. The lowest BCUT2D eigenvalue weighted by atomic mass is 10.2. The second-order valence-electron chi connectivity index (χ2n) is 3.47. The second kappa shape index (κ2) is 4.60. The molecule has 0 saturated carbocycles. The summed E-state index contributed by atoms with van der Waals surface area (Å²) in [4.78, 5) is 4.41. The summed E-state index contributed by atoms with van der Waals surface area (Å²) in [5.41, 5.74) is 0. The van der Waals surface area contributed by atoms with E-state index in [0.717, 1.165) is 28.0 Å². The summed E-state index contributed by atoms with van der Waals surface area (Å²) in [6.45, 7) is 7.56. The van der Waals surface area contributed by atoms with E-state index in [4.69, 9.17) is 0 Å². The average molecular weight is 310 g/mol. The Morgan fingerprint density at radius 1 is 1.38 bits per heavy atom. The highest BCUT2D eigenvalue weighted by atomic mass is 79.9. The lowest BCUT2D eigenvalue weighted by Gasteiger charge is -2.10. The Labute approximate surface area is 96.0 Å². The minimum Gasteiger partial charge on any atom is -0.322 e. The molecule has 0 atom stereocenters. The SMILES string of the molecule is CCc1nc(Br)c(Br)n1CC(C)C. The highest BCUT2D eigenvalue weighted by Gasteiger charge is 2.12. The molecule has 13 heavy (non-hydrogen) atoms. The van der Waals surface area contributed by atoms with Gasteiger partial charge >= 0.3 is 0 Å². The van der Waals surface area contributed by atoms with Crippen molar-refractivity contribution < 1.29 is 0 Å². The van der Waals surface area contributed by atoms with Gasteiger partial charge in [-0.3, -0.25) is 0 Å². The van der Waals surface area contributed by atoms with Gasteiger partial charge in [-0.05, 0) is 37.8 Å². The molecule has 0 saturated heterocycles. The first-order valence-electron chi connectivity index (χ1n) is 4.46. The summed E-state index contributed by atoms with van der Waals surface area (Å²) in [6.07, 6.45) is 0.969. The molecule has 0 N–H and O–H groups in total. The molecule has 4 heteroatoms. The van der Waals surface area contributed by atoms with Gasteiger partial charge in [0.1, 0.15) is 15.0 Å². The minimum atomic E-state index is 0.641. The Bertz CT molecular complexity index is 292. The number of rotatable bonds is 3. The van der Waals surface area contributed by atoms with Crippen LogP contribution in [0.5, 0.6) is 0 Å². The number of hydrogen-bond donors (Lipinski definition) is 0. The number of hydrogen-bond acceptors (Lipinski definition) is 1. The summed E-state index contributed by atoms with van der Waals surface area (Å²) >= 11 is 6.94. The van der Waals surface area contributed by atoms with Crippen LogP contribution in [-0.4, -0.2) is 9.55 Å². The topological polar surface area (TPSA) is 17.8 Å². The summed E-state index contributed by atoms with van der Waals surface area (Å²) < 4.78 is 4.18. The Hall–Kier alpha value is 0.170. The number of aryl methyl sites for hydroxylation is 1. The van der Waals surface area contributed by atoms with Gasteiger partial charge in [0.2, 0.25) is 0 Å². The van der Waals surface area contributed by atoms with E-state index in [1.54, 1.807) is 0 Å². The molecule has 0 aliphatic carbocycles. The van der Waals surface area contributed by atoms with Gasteiger partial charge in [0.15, 0.2) is 0 Å². The zero-order valence-corrected chi connectivity index (χ0v) is 11.3. The molecule has 0 unspecified atom stereocenters. The van der Waals surface area contributed by atoms with Crippen LogP contribution >= 0.6 is 31.9 Å². The molecule has 0 aromatic carbocycles. The van der Waals surface area contributed by atoms with Crippen molar-refractivity contribution in [2.45, 2.75) is 33.7 Å². The largest absolute Gasteiger partial charge is 0.322 e. The quantitative estimate of drug-likeness (QED) is 0.834. The number of halogens is 2. The first-order chi connectivity index (χ1) is 6.06. The summed E-state index contributed by atoms with van der Waals surface area (Å²) in [6, 6.07) is 0. The van der Waals surface area contributed by atoms with Gasteiger partial charge in [0.25, 0.3) is 0 Å². The highest BCUT2D eigenvalue weighted by molar-refractivity contribution is 9.13. The molecule has 1 aromatic heterocycles. The smallest absolute Gasteiger partial charge is 0.139 e. The standard InChI is InChI=1S/C9H14Br2N2/c1-4-7-12-8(10)9(11)13(7)5-6(2)3/h6H,4-5H2,1-3H3. The second-order valence-corrected chi connectivity index (χ2v) is 4.97. The third kappa shape index (κ3) is 2.56. The van der Waals surface area contributed by atoms with E-state index in [1.807, 2.05) is 0 Å². The van der Waals surface area contributed by atoms with Crippen molar-refractivity contribution in [3.8, 4) is 0 Å². The fraction of sp³-hybridized carbons (Fsp3) is 0.667. The van der Waals surface area contributed by atoms with Crippen molar-refractivity contribution in [1.29, 1.82) is 0 Å². The maximum Gasteiger partial charge on any atom is 0.139 e. The summed E-state index contributed by atoms with van der Waals surface area (Å²) in [5, 5.41) is 0. The molecule has 0 bridgehead atoms. The van der Waals surface area contributed by atoms with Crippen LogP contribution in [0, 0.1) is 5.92 Å². The maximum absolute atomic E-state index is 4.41. The fourth-order valence-corrected chi connectivity index (χ4v) is 2.12. The molecule has 74 valence electrons. The Kier molecular flexibility index (Phi) is 3.98. The van der Waals surface area contributed by atoms with E-state index < -0.39 is 0 Å². The third-order valence-electron chi connectivity index (χ3n) is 1.81. The van der Waals surface area contributed by atoms with Crippen molar-refractivity contribution >= 4 is 31.9 Å². The minimum absolute atomic E-state index is 0.641. The normalized spacial score (nSPS) is 11.2. The fourth-order valence-electron chi connectivity index (χ4n) is 1.27. The molecule has 1 aromatic rings. The third-order valence-corrected chi connectivity index (χ3v) is 3.70. The van der Waals surface area contributed by atoms with Crippen molar-refractivity contribution in [2.24, 2.45) is 5.92 Å². The van der Waals surface area contributed by atoms with Crippen LogP contribution in [0.1, 0.15) is 26.6 Å². The van der Waals surface area contributed by atoms with Crippen LogP contribution < -0.4 is 0 Å². The van der Waals surface area contributed by atoms with Crippen molar-refractivity contribution in [2.75, 3.05) is 0 Å². The van der Waals surface area contributed by atoms with Gasteiger partial charge in [-0.1, -0.05) is 20.8 Å². The van der Waals surface area contributed by atoms with Crippen molar-refractivity contribution in [3.63, 3.8) is 0 Å². The molecule has 0 radical (unpaired) electrons. The summed E-state index contributed by atoms with van der Waals surface area (Å²) in [7, 11) is 0. The molecular weight excluding hydrogens is 296 g/mol. The zero-order valence-electron chi connectivity index (χ0n) is 8.14. The van der Waals surface area contributed by atoms with Gasteiger partial charge in [-0.25, -0.2) is 4.98 Å². The molecule has 2 nitrogen and oxygen atoms in total. The van der Waals surface area contributed by atoms with E-state index in [9.17, 15) is 0 Å². The molecule has 0 fully saturated rings. The number of aromatic nitrogens is 2. The van der Waals surface area contributed by atoms with Crippen LogP contribution in [0.25, 0.3) is 0 Å². The highest BCUT2D eigenvalue weighted by Crippen LogP contribution is 2.25. The van der Waals surface area contributed by atoms with Gasteiger partial charge in [0.05, 0.1) is 0 Å². The van der Waals surface area contributed by atoms with E-state index in [-0.39, 0.29) is 0 Å². The molecule has 0 spiro atoms. The first-order valence-corrected chi connectivity index (χ1v) is 6.05. The van der Waals surface area contributed by atoms with Gasteiger partial charge in [-0.15, -0.1) is 0 Å². The van der Waals surface area contributed by atoms with Crippen LogP contribution in [0.3, 0.4) is 0 Å². The summed E-state index contributed by atoms with van der Waals surface area (Å²) in [5.74, 6) is 1.77. The Morgan fingerprint density at radius 2 is 2.00 bits per heavy atom. The van der Waals surface area contributed by atoms with Gasteiger partial charge < -0.3 is 4.57 Å². The molecule has 0 aliphatic heterocycles. The van der Waals surface area contributed by atoms with Crippen LogP contribution in [0.15, 0.2) is 9.21 Å². The Morgan fingerprint density at radius 3 is 2.46 bits per heavy atom. The van der Waals surface area contributed by atoms with Gasteiger partial charge in [0, 0.05) is 13.0 Å². The van der Waals surface area contributed by atoms with Crippen LogP contribution in [-0.2, 0) is 13.0 Å². The van der Waals surface area contributed by atoms with E-state index in [0.29, 0.717) is 5.92 Å². The monoisotopic (exact) mass is 308 g/mol. The predicted molar refractivity (Wildman–Crippen MR) is 61.8 cm³/mol. The molecule has 1 heterocycles. The Balaban J connectivity index is 3.01. The number of imidazole rings is 1. The van der Waals surface area contributed by atoms with Gasteiger partial charge in [-0.2, -0.15) is 0 Å². The molecule has 1 rings (SSSR count). The van der Waals surface area contributed by atoms with Crippen LogP contribution in [0.4, 0.5) is 0 Å². The number of nitrogens with zero attached hydrogens (tertiary/aromatic N) is 2.